The largest absolute Gasteiger partial charge is 0.481 e. The van der Waals surface area contributed by atoms with Crippen molar-refractivity contribution >= 4 is 0 Å². The summed E-state index contributed by atoms with van der Waals surface area (Å²) in [5, 5.41) is 0. The second-order valence-corrected chi connectivity index (χ2v) is 5.27. The predicted molar refractivity (Wildman–Crippen MR) is 72.7 cm³/mol. The SMILES string of the molecule is COc1ccc(-c2ccc(C(C)(C)C)cn2)cn1. The van der Waals surface area contributed by atoms with Crippen molar-refractivity contribution < 1.29 is 4.74 Å². The smallest absolute Gasteiger partial charge is 0.212 e. The van der Waals surface area contributed by atoms with Crippen molar-refractivity contribution in [2.75, 3.05) is 7.11 Å². The molecule has 0 radical (unpaired) electrons. The summed E-state index contributed by atoms with van der Waals surface area (Å²) in [7, 11) is 1.61. The fourth-order valence-electron chi connectivity index (χ4n) is 1.66. The third kappa shape index (κ3) is 2.67. The number of hydrogen-bond acceptors (Lipinski definition) is 3. The van der Waals surface area contributed by atoms with E-state index in [9.17, 15) is 0 Å². The number of nitrogens with zero attached hydrogens (tertiary/aromatic N) is 2. The van der Waals surface area contributed by atoms with Crippen molar-refractivity contribution in [1.29, 1.82) is 0 Å². The molecule has 0 atom stereocenters. The first-order chi connectivity index (χ1) is 8.50. The number of rotatable bonds is 2. The van der Waals surface area contributed by atoms with E-state index in [0.717, 1.165) is 11.3 Å². The Bertz CT molecular complexity index is 510. The standard InChI is InChI=1S/C15H18N2O/c1-15(2,3)12-6-7-13(16-10-12)11-5-8-14(18-4)17-9-11/h5-10H,1-4H3. The Balaban J connectivity index is 2.28. The quantitative estimate of drug-likeness (QED) is 0.809. The fourth-order valence-corrected chi connectivity index (χ4v) is 1.66. The van der Waals surface area contributed by atoms with Crippen LogP contribution < -0.4 is 4.74 Å². The van der Waals surface area contributed by atoms with Gasteiger partial charge >= 0.3 is 0 Å². The van der Waals surface area contributed by atoms with E-state index >= 15 is 0 Å². The molecule has 94 valence electrons. The number of ether oxygens (including phenoxy) is 1. The molecule has 0 aliphatic rings. The van der Waals surface area contributed by atoms with Crippen LogP contribution in [0, 0.1) is 0 Å². The van der Waals surface area contributed by atoms with Crippen molar-refractivity contribution in [2.45, 2.75) is 26.2 Å². The zero-order valence-corrected chi connectivity index (χ0v) is 11.3. The summed E-state index contributed by atoms with van der Waals surface area (Å²) >= 11 is 0. The first-order valence-electron chi connectivity index (χ1n) is 5.97. The Morgan fingerprint density at radius 3 is 2.17 bits per heavy atom. The van der Waals surface area contributed by atoms with Crippen LogP contribution in [0.25, 0.3) is 11.3 Å². The molecule has 0 unspecified atom stereocenters. The van der Waals surface area contributed by atoms with Crippen LogP contribution in [0.4, 0.5) is 0 Å². The number of aromatic nitrogens is 2. The number of methoxy groups -OCH3 is 1. The average Bonchev–Trinajstić information content (AvgIpc) is 2.38. The minimum atomic E-state index is 0.129. The van der Waals surface area contributed by atoms with Crippen molar-refractivity contribution in [3.63, 3.8) is 0 Å². The van der Waals surface area contributed by atoms with Crippen LogP contribution in [0.2, 0.25) is 0 Å². The zero-order valence-electron chi connectivity index (χ0n) is 11.3. The van der Waals surface area contributed by atoms with Crippen molar-refractivity contribution in [1.82, 2.24) is 9.97 Å². The normalized spacial score (nSPS) is 11.3. The third-order valence-corrected chi connectivity index (χ3v) is 2.87. The Morgan fingerprint density at radius 2 is 1.72 bits per heavy atom. The van der Waals surface area contributed by atoms with Gasteiger partial charge in [-0.3, -0.25) is 4.98 Å². The van der Waals surface area contributed by atoms with Gasteiger partial charge in [0, 0.05) is 24.0 Å². The molecule has 0 saturated heterocycles. The van der Waals surface area contributed by atoms with Gasteiger partial charge < -0.3 is 4.74 Å². The van der Waals surface area contributed by atoms with Gasteiger partial charge in [-0.2, -0.15) is 0 Å². The summed E-state index contributed by atoms with van der Waals surface area (Å²) < 4.78 is 5.04. The molecule has 2 aromatic heterocycles. The van der Waals surface area contributed by atoms with E-state index in [1.807, 2.05) is 24.4 Å². The Kier molecular flexibility index (Phi) is 3.32. The molecule has 18 heavy (non-hydrogen) atoms. The van der Waals surface area contributed by atoms with Gasteiger partial charge in [0.25, 0.3) is 0 Å². The van der Waals surface area contributed by atoms with Crippen LogP contribution >= 0.6 is 0 Å². The van der Waals surface area contributed by atoms with Gasteiger partial charge in [-0.15, -0.1) is 0 Å². The van der Waals surface area contributed by atoms with Gasteiger partial charge in [-0.25, -0.2) is 4.98 Å². The van der Waals surface area contributed by atoms with E-state index in [4.69, 9.17) is 4.74 Å². The molecule has 0 N–H and O–H groups in total. The molecule has 3 nitrogen and oxygen atoms in total. The Hall–Kier alpha value is -1.90. The fraction of sp³-hybridized carbons (Fsp3) is 0.333. The van der Waals surface area contributed by atoms with E-state index in [1.165, 1.54) is 5.56 Å². The molecule has 0 bridgehead atoms. The second-order valence-electron chi connectivity index (χ2n) is 5.27. The lowest BCUT2D eigenvalue weighted by Gasteiger charge is -2.18. The molecule has 3 heteroatoms. The van der Waals surface area contributed by atoms with E-state index < -0.39 is 0 Å². The topological polar surface area (TPSA) is 35.0 Å². The van der Waals surface area contributed by atoms with Gasteiger partial charge in [-0.1, -0.05) is 26.8 Å². The van der Waals surface area contributed by atoms with Crippen LogP contribution in [0.1, 0.15) is 26.3 Å². The molecule has 0 saturated carbocycles. The average molecular weight is 242 g/mol. The molecular weight excluding hydrogens is 224 g/mol. The highest BCUT2D eigenvalue weighted by molar-refractivity contribution is 5.58. The Labute approximate surface area is 108 Å². The van der Waals surface area contributed by atoms with E-state index in [1.54, 1.807) is 13.3 Å². The van der Waals surface area contributed by atoms with Gasteiger partial charge in [0.1, 0.15) is 0 Å². The van der Waals surface area contributed by atoms with Crippen LogP contribution in [0.5, 0.6) is 5.88 Å². The van der Waals surface area contributed by atoms with Crippen molar-refractivity contribution in [3.05, 3.63) is 42.2 Å². The van der Waals surface area contributed by atoms with Crippen LogP contribution in [0.15, 0.2) is 36.7 Å². The second kappa shape index (κ2) is 4.77. The van der Waals surface area contributed by atoms with E-state index in [2.05, 4.69) is 36.8 Å². The third-order valence-electron chi connectivity index (χ3n) is 2.87. The highest BCUT2D eigenvalue weighted by atomic mass is 16.5. The molecule has 0 spiro atoms. The lowest BCUT2D eigenvalue weighted by atomic mass is 9.88. The summed E-state index contributed by atoms with van der Waals surface area (Å²) in [5.74, 6) is 0.616. The first-order valence-corrected chi connectivity index (χ1v) is 5.97. The van der Waals surface area contributed by atoms with Gasteiger partial charge in [0.2, 0.25) is 5.88 Å². The highest BCUT2D eigenvalue weighted by Gasteiger charge is 2.13. The lowest BCUT2D eigenvalue weighted by Crippen LogP contribution is -2.11. The van der Waals surface area contributed by atoms with Crippen LogP contribution in [-0.4, -0.2) is 17.1 Å². The summed E-state index contributed by atoms with van der Waals surface area (Å²) in [6.07, 6.45) is 3.71. The predicted octanol–water partition coefficient (Wildman–Crippen LogP) is 3.45. The van der Waals surface area contributed by atoms with Crippen LogP contribution in [0.3, 0.4) is 0 Å². The maximum atomic E-state index is 5.04. The van der Waals surface area contributed by atoms with Gasteiger partial charge in [0.15, 0.2) is 0 Å². The first kappa shape index (κ1) is 12.6. The summed E-state index contributed by atoms with van der Waals surface area (Å²) in [6.45, 7) is 6.54. The minimum absolute atomic E-state index is 0.129. The molecule has 2 heterocycles. The van der Waals surface area contributed by atoms with E-state index in [0.29, 0.717) is 5.88 Å². The summed E-state index contributed by atoms with van der Waals surface area (Å²) in [6, 6.07) is 7.95. The molecule has 0 amide bonds. The minimum Gasteiger partial charge on any atom is -0.481 e. The molecule has 0 fully saturated rings. The Morgan fingerprint density at radius 1 is 0.944 bits per heavy atom. The number of pyridine rings is 2. The molecule has 2 rings (SSSR count). The molecule has 2 aromatic rings. The number of hydrogen-bond donors (Lipinski definition) is 0. The molecule has 0 aliphatic carbocycles. The molecule has 0 aromatic carbocycles. The maximum absolute atomic E-state index is 5.04. The summed E-state index contributed by atoms with van der Waals surface area (Å²) in [5.41, 5.74) is 3.28. The lowest BCUT2D eigenvalue weighted by molar-refractivity contribution is 0.398. The molecular formula is C15H18N2O. The van der Waals surface area contributed by atoms with Gasteiger partial charge in [0.05, 0.1) is 12.8 Å². The molecule has 0 aliphatic heterocycles. The van der Waals surface area contributed by atoms with Crippen LogP contribution in [-0.2, 0) is 5.41 Å². The monoisotopic (exact) mass is 242 g/mol. The highest BCUT2D eigenvalue weighted by Crippen LogP contribution is 2.24. The zero-order chi connectivity index (χ0) is 13.2. The summed E-state index contributed by atoms with van der Waals surface area (Å²) in [4.78, 5) is 8.67. The van der Waals surface area contributed by atoms with Crippen molar-refractivity contribution in [3.8, 4) is 17.1 Å². The van der Waals surface area contributed by atoms with E-state index in [-0.39, 0.29) is 5.41 Å². The van der Waals surface area contributed by atoms with Gasteiger partial charge in [-0.05, 0) is 23.1 Å². The maximum Gasteiger partial charge on any atom is 0.212 e. The van der Waals surface area contributed by atoms with Crippen molar-refractivity contribution in [2.24, 2.45) is 0 Å².